The lowest BCUT2D eigenvalue weighted by molar-refractivity contribution is 0.0696. The molecule has 3 nitrogen and oxygen atoms in total. The molecule has 0 aliphatic heterocycles. The van der Waals surface area contributed by atoms with Crippen LogP contribution in [0.2, 0.25) is 0 Å². The Hall–Kier alpha value is -0.850. The molecule has 0 amide bonds. The van der Waals surface area contributed by atoms with Crippen molar-refractivity contribution >= 4 is 28.6 Å². The van der Waals surface area contributed by atoms with Gasteiger partial charge in [-0.05, 0) is 34.7 Å². The minimum atomic E-state index is -1.19. The summed E-state index contributed by atoms with van der Waals surface area (Å²) in [6.07, 6.45) is 0. The van der Waals surface area contributed by atoms with Gasteiger partial charge in [-0.25, -0.2) is 9.18 Å². The average molecular weight is 282 g/mol. The lowest BCUT2D eigenvalue weighted by atomic mass is 10.2. The third kappa shape index (κ3) is 1.66. The minimum absolute atomic E-state index is 0.0880. The predicted molar refractivity (Wildman–Crippen MR) is 47.7 cm³/mol. The number of aromatic carboxylic acids is 1. The summed E-state index contributed by atoms with van der Waals surface area (Å²) in [4.78, 5) is 10.4. The number of rotatable bonds is 1. The fourth-order valence-corrected chi connectivity index (χ4v) is 1.31. The molecule has 1 aromatic rings. The van der Waals surface area contributed by atoms with Crippen LogP contribution in [0.25, 0.3) is 0 Å². The topological polar surface area (TPSA) is 57.5 Å². The Morgan fingerprint density at radius 3 is 2.50 bits per heavy atom. The summed E-state index contributed by atoms with van der Waals surface area (Å²) in [5.74, 6) is -2.62. The van der Waals surface area contributed by atoms with E-state index in [1.807, 2.05) is 0 Å². The van der Waals surface area contributed by atoms with E-state index in [2.05, 4.69) is 0 Å². The molecular weight excluding hydrogens is 278 g/mol. The van der Waals surface area contributed by atoms with E-state index in [0.717, 1.165) is 12.1 Å². The number of hydrogen-bond donors (Lipinski definition) is 2. The number of carboxylic acid groups (broad SMARTS) is 1. The zero-order valence-electron chi connectivity index (χ0n) is 5.71. The Labute approximate surface area is 81.0 Å². The van der Waals surface area contributed by atoms with Gasteiger partial charge < -0.3 is 10.2 Å². The van der Waals surface area contributed by atoms with Crippen molar-refractivity contribution in [2.24, 2.45) is 0 Å². The second kappa shape index (κ2) is 3.26. The SMILES string of the molecule is O=C(O)c1cc(O)c(F)c(I)c1. The highest BCUT2D eigenvalue weighted by Crippen LogP contribution is 2.22. The molecule has 0 atom stereocenters. The van der Waals surface area contributed by atoms with Gasteiger partial charge in [0.15, 0.2) is 11.6 Å². The highest BCUT2D eigenvalue weighted by Gasteiger charge is 2.11. The number of phenols is 1. The van der Waals surface area contributed by atoms with E-state index in [1.54, 1.807) is 22.6 Å². The molecule has 0 spiro atoms. The van der Waals surface area contributed by atoms with E-state index in [-0.39, 0.29) is 9.13 Å². The number of aromatic hydroxyl groups is 1. The first-order valence-corrected chi connectivity index (χ1v) is 4.01. The van der Waals surface area contributed by atoms with Crippen molar-refractivity contribution in [3.63, 3.8) is 0 Å². The molecule has 0 unspecified atom stereocenters. The summed E-state index contributed by atoms with van der Waals surface area (Å²) >= 11 is 1.61. The summed E-state index contributed by atoms with van der Waals surface area (Å²) in [5, 5.41) is 17.4. The van der Waals surface area contributed by atoms with Gasteiger partial charge in [-0.3, -0.25) is 0 Å². The van der Waals surface area contributed by atoms with Crippen LogP contribution in [0.3, 0.4) is 0 Å². The molecule has 0 bridgehead atoms. The second-order valence-corrected chi connectivity index (χ2v) is 3.26. The van der Waals surface area contributed by atoms with E-state index in [9.17, 15) is 9.18 Å². The lowest BCUT2D eigenvalue weighted by Crippen LogP contribution is -1.97. The first-order chi connectivity index (χ1) is 5.52. The Kier molecular flexibility index (Phi) is 2.51. The normalized spacial score (nSPS) is 9.83. The number of phenolic OH excluding ortho intramolecular Hbond substituents is 1. The third-order valence-electron chi connectivity index (χ3n) is 1.26. The van der Waals surface area contributed by atoms with Crippen molar-refractivity contribution in [2.75, 3.05) is 0 Å². The lowest BCUT2D eigenvalue weighted by Gasteiger charge is -1.99. The van der Waals surface area contributed by atoms with Gasteiger partial charge >= 0.3 is 5.97 Å². The van der Waals surface area contributed by atoms with E-state index in [4.69, 9.17) is 10.2 Å². The molecule has 0 aromatic heterocycles. The highest BCUT2D eigenvalue weighted by atomic mass is 127. The number of benzene rings is 1. The molecule has 0 fully saturated rings. The van der Waals surface area contributed by atoms with Gasteiger partial charge in [-0.2, -0.15) is 0 Å². The van der Waals surface area contributed by atoms with Gasteiger partial charge in [0.05, 0.1) is 9.13 Å². The molecule has 0 aliphatic carbocycles. The Morgan fingerprint density at radius 1 is 1.50 bits per heavy atom. The Morgan fingerprint density at radius 2 is 2.08 bits per heavy atom. The number of carbonyl (C=O) groups is 1. The molecule has 0 radical (unpaired) electrons. The average Bonchev–Trinajstić information content (AvgIpc) is 1.99. The smallest absolute Gasteiger partial charge is 0.335 e. The molecule has 12 heavy (non-hydrogen) atoms. The molecule has 0 aliphatic rings. The van der Waals surface area contributed by atoms with Crippen molar-refractivity contribution in [1.29, 1.82) is 0 Å². The molecule has 1 aromatic carbocycles. The van der Waals surface area contributed by atoms with Crippen LogP contribution in [0.15, 0.2) is 12.1 Å². The predicted octanol–water partition coefficient (Wildman–Crippen LogP) is 1.83. The van der Waals surface area contributed by atoms with Gasteiger partial charge in [0.25, 0.3) is 0 Å². The van der Waals surface area contributed by atoms with Crippen LogP contribution < -0.4 is 0 Å². The quantitative estimate of drug-likeness (QED) is 0.773. The Balaban J connectivity index is 3.31. The number of hydrogen-bond acceptors (Lipinski definition) is 2. The van der Waals surface area contributed by atoms with E-state index < -0.39 is 17.5 Å². The van der Waals surface area contributed by atoms with Crippen molar-refractivity contribution in [3.05, 3.63) is 27.1 Å². The summed E-state index contributed by atoms with van der Waals surface area (Å²) in [5.41, 5.74) is -0.127. The molecule has 0 heterocycles. The molecule has 5 heteroatoms. The summed E-state index contributed by atoms with van der Waals surface area (Å²) in [6.45, 7) is 0. The fourth-order valence-electron chi connectivity index (χ4n) is 0.698. The van der Waals surface area contributed by atoms with Crippen LogP contribution >= 0.6 is 22.6 Å². The van der Waals surface area contributed by atoms with Crippen LogP contribution in [0.1, 0.15) is 10.4 Å². The van der Waals surface area contributed by atoms with Gasteiger partial charge in [0.1, 0.15) is 0 Å². The van der Waals surface area contributed by atoms with Gasteiger partial charge in [-0.15, -0.1) is 0 Å². The largest absolute Gasteiger partial charge is 0.505 e. The first-order valence-electron chi connectivity index (χ1n) is 2.93. The monoisotopic (exact) mass is 282 g/mol. The van der Waals surface area contributed by atoms with Gasteiger partial charge in [0, 0.05) is 0 Å². The van der Waals surface area contributed by atoms with Crippen molar-refractivity contribution in [2.45, 2.75) is 0 Å². The van der Waals surface area contributed by atoms with Crippen LogP contribution in [0, 0.1) is 9.39 Å². The first kappa shape index (κ1) is 9.24. The molecule has 2 N–H and O–H groups in total. The molecule has 64 valence electrons. The highest BCUT2D eigenvalue weighted by molar-refractivity contribution is 14.1. The van der Waals surface area contributed by atoms with Gasteiger partial charge in [0.2, 0.25) is 0 Å². The maximum atomic E-state index is 12.7. The Bertz CT molecular complexity index is 314. The van der Waals surface area contributed by atoms with E-state index in [1.165, 1.54) is 0 Å². The summed E-state index contributed by atoms with van der Waals surface area (Å²) < 4.78 is 12.8. The van der Waals surface area contributed by atoms with Crippen LogP contribution in [0.5, 0.6) is 5.75 Å². The standard InChI is InChI=1S/C7H4FIO3/c8-6-4(9)1-3(7(11)12)2-5(6)10/h1-2,10H,(H,11,12). The molecular formula is C7H4FIO3. The van der Waals surface area contributed by atoms with Crippen molar-refractivity contribution in [1.82, 2.24) is 0 Å². The van der Waals surface area contributed by atoms with E-state index >= 15 is 0 Å². The van der Waals surface area contributed by atoms with Crippen molar-refractivity contribution < 1.29 is 19.4 Å². The molecule has 1 rings (SSSR count). The zero-order chi connectivity index (χ0) is 9.30. The van der Waals surface area contributed by atoms with Crippen LogP contribution in [0.4, 0.5) is 4.39 Å². The summed E-state index contributed by atoms with van der Waals surface area (Å²) in [7, 11) is 0. The molecule has 0 saturated carbocycles. The van der Waals surface area contributed by atoms with E-state index in [0.29, 0.717) is 0 Å². The maximum absolute atomic E-state index is 12.7. The second-order valence-electron chi connectivity index (χ2n) is 2.10. The fraction of sp³-hybridized carbons (Fsp3) is 0. The summed E-state index contributed by atoms with van der Waals surface area (Å²) in [6, 6.07) is 2.03. The van der Waals surface area contributed by atoms with Gasteiger partial charge in [-0.1, -0.05) is 0 Å². The number of carboxylic acids is 1. The van der Waals surface area contributed by atoms with Crippen LogP contribution in [-0.2, 0) is 0 Å². The maximum Gasteiger partial charge on any atom is 0.335 e. The van der Waals surface area contributed by atoms with Crippen LogP contribution in [-0.4, -0.2) is 16.2 Å². The molecule has 0 saturated heterocycles. The van der Waals surface area contributed by atoms with Crippen molar-refractivity contribution in [3.8, 4) is 5.75 Å². The minimum Gasteiger partial charge on any atom is -0.505 e. The third-order valence-corrected chi connectivity index (χ3v) is 2.04. The number of halogens is 2. The zero-order valence-corrected chi connectivity index (χ0v) is 7.87.